The number of aliphatic imine (C=N–C) groups is 1. The number of nitrogens with zero attached hydrogens (tertiary/aromatic N) is 2. The highest BCUT2D eigenvalue weighted by Crippen LogP contribution is 2.16. The van der Waals surface area contributed by atoms with Crippen LogP contribution in [0.1, 0.15) is 47.5 Å². The van der Waals surface area contributed by atoms with Crippen molar-refractivity contribution in [2.24, 2.45) is 4.99 Å². The van der Waals surface area contributed by atoms with E-state index in [1.807, 2.05) is 20.8 Å². The molecule has 26 heavy (non-hydrogen) atoms. The van der Waals surface area contributed by atoms with Crippen LogP contribution >= 0.6 is 11.3 Å². The van der Waals surface area contributed by atoms with E-state index in [4.69, 9.17) is 4.74 Å². The van der Waals surface area contributed by atoms with Gasteiger partial charge in [0.25, 0.3) is 0 Å². The zero-order chi connectivity index (χ0) is 18.9. The molecule has 0 bridgehead atoms. The maximum atomic E-state index is 5.63. The molecular formula is C20H30N4OS. The Morgan fingerprint density at radius 3 is 2.42 bits per heavy atom. The molecule has 6 heteroatoms. The van der Waals surface area contributed by atoms with E-state index in [1.54, 1.807) is 11.3 Å². The lowest BCUT2D eigenvalue weighted by atomic mass is 10.1. The van der Waals surface area contributed by atoms with Gasteiger partial charge in [-0.05, 0) is 45.7 Å². The Kier molecular flexibility index (Phi) is 8.06. The molecule has 1 aromatic heterocycles. The quantitative estimate of drug-likeness (QED) is 0.543. The van der Waals surface area contributed by atoms with Crippen molar-refractivity contribution in [3.63, 3.8) is 0 Å². The average molecular weight is 375 g/mol. The van der Waals surface area contributed by atoms with Crippen molar-refractivity contribution in [2.45, 2.75) is 60.4 Å². The van der Waals surface area contributed by atoms with Gasteiger partial charge in [0.1, 0.15) is 5.01 Å². The number of benzene rings is 1. The summed E-state index contributed by atoms with van der Waals surface area (Å²) >= 11 is 1.73. The van der Waals surface area contributed by atoms with Gasteiger partial charge >= 0.3 is 0 Å². The lowest BCUT2D eigenvalue weighted by Gasteiger charge is -2.10. The van der Waals surface area contributed by atoms with Crippen molar-refractivity contribution in [2.75, 3.05) is 6.54 Å². The van der Waals surface area contributed by atoms with Gasteiger partial charge in [-0.15, -0.1) is 11.3 Å². The van der Waals surface area contributed by atoms with Gasteiger partial charge in [-0.1, -0.05) is 24.3 Å². The van der Waals surface area contributed by atoms with E-state index < -0.39 is 0 Å². The van der Waals surface area contributed by atoms with Crippen LogP contribution in [0.3, 0.4) is 0 Å². The van der Waals surface area contributed by atoms with E-state index in [-0.39, 0.29) is 6.10 Å². The van der Waals surface area contributed by atoms with Gasteiger partial charge in [0, 0.05) is 11.4 Å². The summed E-state index contributed by atoms with van der Waals surface area (Å²) in [6.45, 7) is 13.1. The molecule has 1 heterocycles. The van der Waals surface area contributed by atoms with Crippen molar-refractivity contribution in [1.82, 2.24) is 15.6 Å². The van der Waals surface area contributed by atoms with Crippen molar-refractivity contribution in [1.29, 1.82) is 0 Å². The van der Waals surface area contributed by atoms with Gasteiger partial charge in [-0.25, -0.2) is 9.98 Å². The summed E-state index contributed by atoms with van der Waals surface area (Å²) in [4.78, 5) is 10.5. The molecular weight excluding hydrogens is 344 g/mol. The molecule has 0 fully saturated rings. The Bertz CT molecular complexity index is 688. The van der Waals surface area contributed by atoms with Gasteiger partial charge in [0.05, 0.1) is 31.5 Å². The second-order valence-electron chi connectivity index (χ2n) is 6.47. The van der Waals surface area contributed by atoms with Crippen LogP contribution in [0, 0.1) is 13.8 Å². The zero-order valence-electron chi connectivity index (χ0n) is 16.4. The molecule has 2 N–H and O–H groups in total. The van der Waals surface area contributed by atoms with Crippen LogP contribution in [0.4, 0.5) is 0 Å². The van der Waals surface area contributed by atoms with E-state index in [2.05, 4.69) is 58.7 Å². The molecule has 0 saturated heterocycles. The molecule has 0 amide bonds. The van der Waals surface area contributed by atoms with Crippen LogP contribution in [-0.4, -0.2) is 23.6 Å². The van der Waals surface area contributed by atoms with Gasteiger partial charge < -0.3 is 15.4 Å². The number of hydrogen-bond donors (Lipinski definition) is 2. The summed E-state index contributed by atoms with van der Waals surface area (Å²) in [7, 11) is 0. The molecule has 5 nitrogen and oxygen atoms in total. The molecule has 1 aromatic carbocycles. The number of aryl methyl sites for hydroxylation is 2. The highest BCUT2D eigenvalue weighted by molar-refractivity contribution is 7.11. The summed E-state index contributed by atoms with van der Waals surface area (Å²) in [6, 6.07) is 8.43. The fraction of sp³-hybridized carbons (Fsp3) is 0.500. The minimum absolute atomic E-state index is 0.249. The van der Waals surface area contributed by atoms with Crippen LogP contribution in [0.2, 0.25) is 0 Å². The summed E-state index contributed by atoms with van der Waals surface area (Å²) in [5, 5.41) is 7.73. The summed E-state index contributed by atoms with van der Waals surface area (Å²) in [6.07, 6.45) is 0.249. The van der Waals surface area contributed by atoms with Crippen molar-refractivity contribution in [3.8, 4) is 0 Å². The van der Waals surface area contributed by atoms with Crippen molar-refractivity contribution >= 4 is 17.3 Å². The standard InChI is InChI=1S/C20H30N4OS/c1-6-21-20(23-12-19-24-15(4)16(5)26-19)22-11-17-7-9-18(10-8-17)13-25-14(2)3/h7-10,14H,6,11-13H2,1-5H3,(H2,21,22,23). The van der Waals surface area contributed by atoms with E-state index >= 15 is 0 Å². The maximum Gasteiger partial charge on any atom is 0.191 e. The van der Waals surface area contributed by atoms with Gasteiger partial charge in [-0.2, -0.15) is 0 Å². The summed E-state index contributed by atoms with van der Waals surface area (Å²) in [5.74, 6) is 0.810. The van der Waals surface area contributed by atoms with Crippen molar-refractivity contribution in [3.05, 3.63) is 51.0 Å². The first-order valence-corrected chi connectivity index (χ1v) is 9.94. The number of ether oxygens (including phenoxy) is 1. The fourth-order valence-electron chi connectivity index (χ4n) is 2.29. The predicted molar refractivity (Wildman–Crippen MR) is 110 cm³/mol. The lowest BCUT2D eigenvalue weighted by Crippen LogP contribution is -2.36. The average Bonchev–Trinajstić information content (AvgIpc) is 2.94. The zero-order valence-corrected chi connectivity index (χ0v) is 17.2. The molecule has 0 saturated carbocycles. The Morgan fingerprint density at radius 2 is 1.85 bits per heavy atom. The number of thiazole rings is 1. The second-order valence-corrected chi connectivity index (χ2v) is 7.76. The predicted octanol–water partition coefficient (Wildman–Crippen LogP) is 3.94. The number of guanidine groups is 1. The molecule has 0 aliphatic heterocycles. The Hall–Kier alpha value is -1.92. The fourth-order valence-corrected chi connectivity index (χ4v) is 3.16. The largest absolute Gasteiger partial charge is 0.374 e. The number of nitrogens with one attached hydrogen (secondary N) is 2. The number of hydrogen-bond acceptors (Lipinski definition) is 4. The Labute approximate surface area is 160 Å². The molecule has 2 rings (SSSR count). The molecule has 0 aliphatic rings. The second kappa shape index (κ2) is 10.3. The summed E-state index contributed by atoms with van der Waals surface area (Å²) in [5.41, 5.74) is 3.47. The first-order valence-electron chi connectivity index (χ1n) is 9.12. The van der Waals surface area contributed by atoms with Crippen LogP contribution in [0.25, 0.3) is 0 Å². The Morgan fingerprint density at radius 1 is 1.15 bits per heavy atom. The van der Waals surface area contributed by atoms with Gasteiger partial charge in [0.15, 0.2) is 5.96 Å². The minimum atomic E-state index is 0.249. The van der Waals surface area contributed by atoms with E-state index in [0.717, 1.165) is 23.2 Å². The molecule has 0 radical (unpaired) electrons. The first kappa shape index (κ1) is 20.4. The summed E-state index contributed by atoms with van der Waals surface area (Å²) < 4.78 is 5.63. The monoisotopic (exact) mass is 374 g/mol. The van der Waals surface area contributed by atoms with Crippen LogP contribution in [-0.2, 0) is 24.4 Å². The molecule has 0 aliphatic carbocycles. The topological polar surface area (TPSA) is 58.5 Å². The molecule has 2 aromatic rings. The number of rotatable bonds is 8. The third-order valence-corrected chi connectivity index (χ3v) is 4.92. The molecule has 142 valence electrons. The molecule has 0 atom stereocenters. The van der Waals surface area contributed by atoms with E-state index in [9.17, 15) is 0 Å². The van der Waals surface area contributed by atoms with Crippen LogP contribution < -0.4 is 10.6 Å². The van der Waals surface area contributed by atoms with Gasteiger partial charge in [0.2, 0.25) is 0 Å². The highest BCUT2D eigenvalue weighted by Gasteiger charge is 2.05. The smallest absolute Gasteiger partial charge is 0.191 e. The lowest BCUT2D eigenvalue weighted by molar-refractivity contribution is 0.0657. The highest BCUT2D eigenvalue weighted by atomic mass is 32.1. The minimum Gasteiger partial charge on any atom is -0.374 e. The van der Waals surface area contributed by atoms with Crippen LogP contribution in [0.5, 0.6) is 0 Å². The maximum absolute atomic E-state index is 5.63. The van der Waals surface area contributed by atoms with Crippen molar-refractivity contribution < 1.29 is 4.74 Å². The van der Waals surface area contributed by atoms with E-state index in [0.29, 0.717) is 19.7 Å². The molecule has 0 spiro atoms. The third-order valence-electron chi connectivity index (χ3n) is 3.85. The number of aromatic nitrogens is 1. The van der Waals surface area contributed by atoms with E-state index in [1.165, 1.54) is 16.0 Å². The normalized spacial score (nSPS) is 11.8. The SMILES string of the molecule is CCNC(=NCc1ccc(COC(C)C)cc1)NCc1nc(C)c(C)s1. The van der Waals surface area contributed by atoms with Gasteiger partial charge in [-0.3, -0.25) is 0 Å². The Balaban J connectivity index is 1.91. The molecule has 0 unspecified atom stereocenters. The first-order chi connectivity index (χ1) is 12.5. The van der Waals surface area contributed by atoms with Crippen LogP contribution in [0.15, 0.2) is 29.3 Å². The third kappa shape index (κ3) is 6.77.